The highest BCUT2D eigenvalue weighted by atomic mass is 35.5. The van der Waals surface area contributed by atoms with Crippen molar-refractivity contribution in [3.8, 4) is 0 Å². The third kappa shape index (κ3) is 7.86. The van der Waals surface area contributed by atoms with Crippen LogP contribution in [0.15, 0.2) is 42.5 Å². The highest BCUT2D eigenvalue weighted by Gasteiger charge is 2.26. The molecule has 2 rings (SSSR count). The molecule has 0 aliphatic carbocycles. The second-order valence-electron chi connectivity index (χ2n) is 7.75. The number of carbonyl (C=O) groups excluding carboxylic acids is 2. The van der Waals surface area contributed by atoms with Gasteiger partial charge in [-0.15, -0.1) is 0 Å². The summed E-state index contributed by atoms with van der Waals surface area (Å²) in [6.45, 7) is 6.81. The number of benzene rings is 2. The number of amides is 2. The zero-order chi connectivity index (χ0) is 22.8. The van der Waals surface area contributed by atoms with Crippen molar-refractivity contribution in [2.45, 2.75) is 65.5 Å². The molecule has 31 heavy (non-hydrogen) atoms. The van der Waals surface area contributed by atoms with E-state index < -0.39 is 6.04 Å². The standard InChI is InChI=1S/C25H32Cl2N2O2/c1-4-6-15-28-25(31)18(3)29(17-21-12-13-22(26)16-23(21)27)24(30)14-11-20-9-7-19(5-2)8-10-20/h7-10,12-13,16,18H,4-6,11,14-15,17H2,1-3H3,(H,28,31). The summed E-state index contributed by atoms with van der Waals surface area (Å²) in [6.07, 6.45) is 3.83. The average Bonchev–Trinajstić information content (AvgIpc) is 2.77. The first kappa shape index (κ1) is 25.2. The van der Waals surface area contributed by atoms with Crippen molar-refractivity contribution in [1.29, 1.82) is 0 Å². The molecule has 168 valence electrons. The number of unbranched alkanes of at least 4 members (excludes halogenated alkanes) is 1. The Morgan fingerprint density at radius 3 is 2.32 bits per heavy atom. The number of hydrogen-bond acceptors (Lipinski definition) is 2. The van der Waals surface area contributed by atoms with Crippen LogP contribution in [0.1, 0.15) is 56.7 Å². The topological polar surface area (TPSA) is 49.4 Å². The maximum atomic E-state index is 13.2. The van der Waals surface area contributed by atoms with E-state index in [4.69, 9.17) is 23.2 Å². The molecular formula is C25H32Cl2N2O2. The van der Waals surface area contributed by atoms with E-state index in [1.54, 1.807) is 30.0 Å². The van der Waals surface area contributed by atoms with Gasteiger partial charge in [-0.1, -0.05) is 73.8 Å². The molecular weight excluding hydrogens is 431 g/mol. The largest absolute Gasteiger partial charge is 0.354 e. The molecule has 0 aliphatic heterocycles. The summed E-state index contributed by atoms with van der Waals surface area (Å²) in [5.41, 5.74) is 3.14. The summed E-state index contributed by atoms with van der Waals surface area (Å²) >= 11 is 12.4. The number of halogens is 2. The fourth-order valence-corrected chi connectivity index (χ4v) is 3.76. The van der Waals surface area contributed by atoms with Gasteiger partial charge in [-0.3, -0.25) is 9.59 Å². The fraction of sp³-hybridized carbons (Fsp3) is 0.440. The summed E-state index contributed by atoms with van der Waals surface area (Å²) in [4.78, 5) is 27.5. The Morgan fingerprint density at radius 2 is 1.71 bits per heavy atom. The van der Waals surface area contributed by atoms with Crippen molar-refractivity contribution < 1.29 is 9.59 Å². The molecule has 2 aromatic rings. The molecule has 4 nitrogen and oxygen atoms in total. The third-order valence-corrected chi connectivity index (χ3v) is 6.00. The molecule has 0 aliphatic rings. The zero-order valence-electron chi connectivity index (χ0n) is 18.6. The van der Waals surface area contributed by atoms with Crippen LogP contribution in [0, 0.1) is 0 Å². The predicted octanol–water partition coefficient (Wildman–Crippen LogP) is 5.82. The number of nitrogens with zero attached hydrogens (tertiary/aromatic N) is 1. The van der Waals surface area contributed by atoms with Crippen LogP contribution in [-0.2, 0) is 29.0 Å². The van der Waals surface area contributed by atoms with Gasteiger partial charge in [0.15, 0.2) is 0 Å². The van der Waals surface area contributed by atoms with Gasteiger partial charge in [0, 0.05) is 29.6 Å². The van der Waals surface area contributed by atoms with Gasteiger partial charge < -0.3 is 10.2 Å². The van der Waals surface area contributed by atoms with E-state index in [0.717, 1.165) is 30.4 Å². The van der Waals surface area contributed by atoms with Crippen molar-refractivity contribution in [2.24, 2.45) is 0 Å². The summed E-state index contributed by atoms with van der Waals surface area (Å²) in [7, 11) is 0. The zero-order valence-corrected chi connectivity index (χ0v) is 20.1. The lowest BCUT2D eigenvalue weighted by Crippen LogP contribution is -2.47. The number of carbonyl (C=O) groups is 2. The van der Waals surface area contributed by atoms with Gasteiger partial charge in [0.25, 0.3) is 0 Å². The van der Waals surface area contributed by atoms with Gasteiger partial charge in [-0.2, -0.15) is 0 Å². The highest BCUT2D eigenvalue weighted by molar-refractivity contribution is 6.35. The Labute approximate surface area is 195 Å². The number of hydrogen-bond donors (Lipinski definition) is 1. The first-order valence-electron chi connectivity index (χ1n) is 10.9. The van der Waals surface area contributed by atoms with E-state index >= 15 is 0 Å². The molecule has 0 heterocycles. The van der Waals surface area contributed by atoms with E-state index in [1.807, 2.05) is 0 Å². The molecule has 1 unspecified atom stereocenters. The highest BCUT2D eigenvalue weighted by Crippen LogP contribution is 2.23. The van der Waals surface area contributed by atoms with Crippen LogP contribution in [-0.4, -0.2) is 29.3 Å². The minimum Gasteiger partial charge on any atom is -0.354 e. The Morgan fingerprint density at radius 1 is 1.03 bits per heavy atom. The average molecular weight is 463 g/mol. The normalized spacial score (nSPS) is 11.8. The van der Waals surface area contributed by atoms with Gasteiger partial charge in [-0.05, 0) is 55.0 Å². The Balaban J connectivity index is 2.14. The minimum absolute atomic E-state index is 0.0799. The van der Waals surface area contributed by atoms with Crippen LogP contribution < -0.4 is 5.32 Å². The van der Waals surface area contributed by atoms with Gasteiger partial charge in [0.1, 0.15) is 6.04 Å². The maximum absolute atomic E-state index is 13.2. The molecule has 1 atom stereocenters. The lowest BCUT2D eigenvalue weighted by molar-refractivity contribution is -0.140. The van der Waals surface area contributed by atoms with E-state index in [2.05, 4.69) is 43.4 Å². The molecule has 0 radical (unpaired) electrons. The van der Waals surface area contributed by atoms with Crippen LogP contribution in [0.5, 0.6) is 0 Å². The third-order valence-electron chi connectivity index (χ3n) is 5.41. The SMILES string of the molecule is CCCCNC(=O)C(C)N(Cc1ccc(Cl)cc1Cl)C(=O)CCc1ccc(CC)cc1. The van der Waals surface area contributed by atoms with Crippen LogP contribution in [0.3, 0.4) is 0 Å². The molecule has 0 saturated carbocycles. The van der Waals surface area contributed by atoms with Crippen molar-refractivity contribution in [2.75, 3.05) is 6.54 Å². The molecule has 0 fully saturated rings. The second kappa shape index (κ2) is 12.7. The fourth-order valence-electron chi connectivity index (χ4n) is 3.29. The van der Waals surface area contributed by atoms with E-state index in [-0.39, 0.29) is 18.4 Å². The van der Waals surface area contributed by atoms with Crippen LogP contribution >= 0.6 is 23.2 Å². The smallest absolute Gasteiger partial charge is 0.242 e. The first-order valence-corrected chi connectivity index (χ1v) is 11.7. The Bertz CT molecular complexity index is 868. The van der Waals surface area contributed by atoms with Gasteiger partial charge in [0.05, 0.1) is 0 Å². The van der Waals surface area contributed by atoms with Crippen molar-refractivity contribution in [1.82, 2.24) is 10.2 Å². The van der Waals surface area contributed by atoms with E-state index in [0.29, 0.717) is 29.4 Å². The van der Waals surface area contributed by atoms with Gasteiger partial charge in [-0.25, -0.2) is 0 Å². The molecule has 1 N–H and O–H groups in total. The first-order chi connectivity index (χ1) is 14.8. The molecule has 2 amide bonds. The maximum Gasteiger partial charge on any atom is 0.242 e. The number of nitrogens with one attached hydrogen (secondary N) is 1. The Kier molecular flexibility index (Phi) is 10.4. The number of rotatable bonds is 11. The molecule has 2 aromatic carbocycles. The summed E-state index contributed by atoms with van der Waals surface area (Å²) in [5.74, 6) is -0.233. The second-order valence-corrected chi connectivity index (χ2v) is 8.59. The quantitative estimate of drug-likeness (QED) is 0.427. The van der Waals surface area contributed by atoms with Crippen LogP contribution in [0.4, 0.5) is 0 Å². The summed E-state index contributed by atoms with van der Waals surface area (Å²) in [5, 5.41) is 3.95. The molecule has 0 bridgehead atoms. The molecule has 0 aromatic heterocycles. The predicted molar refractivity (Wildman–Crippen MR) is 129 cm³/mol. The van der Waals surface area contributed by atoms with Crippen LogP contribution in [0.2, 0.25) is 10.0 Å². The Hall–Kier alpha value is -2.04. The lowest BCUT2D eigenvalue weighted by atomic mass is 10.0. The lowest BCUT2D eigenvalue weighted by Gasteiger charge is -2.29. The van der Waals surface area contributed by atoms with Gasteiger partial charge >= 0.3 is 0 Å². The molecule has 0 saturated heterocycles. The number of aryl methyl sites for hydroxylation is 2. The van der Waals surface area contributed by atoms with Crippen LogP contribution in [0.25, 0.3) is 0 Å². The summed E-state index contributed by atoms with van der Waals surface area (Å²) < 4.78 is 0. The minimum atomic E-state index is -0.599. The van der Waals surface area contributed by atoms with Gasteiger partial charge in [0.2, 0.25) is 11.8 Å². The molecule has 6 heteroatoms. The molecule has 0 spiro atoms. The van der Waals surface area contributed by atoms with Crippen molar-refractivity contribution in [3.63, 3.8) is 0 Å². The summed E-state index contributed by atoms with van der Waals surface area (Å²) in [6, 6.07) is 12.9. The van der Waals surface area contributed by atoms with Crippen molar-refractivity contribution in [3.05, 3.63) is 69.2 Å². The van der Waals surface area contributed by atoms with E-state index in [1.165, 1.54) is 5.56 Å². The monoisotopic (exact) mass is 462 g/mol. The van der Waals surface area contributed by atoms with Crippen molar-refractivity contribution >= 4 is 35.0 Å². The van der Waals surface area contributed by atoms with E-state index in [9.17, 15) is 9.59 Å².